The van der Waals surface area contributed by atoms with Gasteiger partial charge in [-0.25, -0.2) is 8.42 Å². The van der Waals surface area contributed by atoms with Crippen molar-refractivity contribution in [2.75, 3.05) is 19.8 Å². The molecule has 172 valence electrons. The lowest BCUT2D eigenvalue weighted by Crippen LogP contribution is -2.22. The van der Waals surface area contributed by atoms with Gasteiger partial charge in [0.15, 0.2) is 15.6 Å². The minimum atomic E-state index is -3.26. The lowest BCUT2D eigenvalue weighted by molar-refractivity contribution is -0.113. The Morgan fingerprint density at radius 2 is 1.66 bits per heavy atom. The Morgan fingerprint density at radius 1 is 1.03 bits per heavy atom. The Bertz CT molecular complexity index is 1120. The highest BCUT2D eigenvalue weighted by molar-refractivity contribution is 7.90. The quantitative estimate of drug-likeness (QED) is 0.345. The second-order valence-corrected chi connectivity index (χ2v) is 10.8. The van der Waals surface area contributed by atoms with Crippen LogP contribution in [0.3, 0.4) is 0 Å². The fourth-order valence-electron chi connectivity index (χ4n) is 3.65. The number of allylic oxidation sites excluding steroid dienone is 3. The van der Waals surface area contributed by atoms with E-state index in [0.717, 1.165) is 46.5 Å². The summed E-state index contributed by atoms with van der Waals surface area (Å²) in [6.07, 6.45) is 4.04. The largest absolute Gasteiger partial charge is 0.374 e. The predicted molar refractivity (Wildman–Crippen MR) is 134 cm³/mol. The minimum Gasteiger partial charge on any atom is -0.374 e. The van der Waals surface area contributed by atoms with Gasteiger partial charge in [-0.3, -0.25) is 4.79 Å². The number of nitrogens with zero attached hydrogens (tertiary/aromatic N) is 1. The van der Waals surface area contributed by atoms with Crippen molar-refractivity contribution in [3.63, 3.8) is 0 Å². The van der Waals surface area contributed by atoms with Crippen LogP contribution in [0.2, 0.25) is 0 Å². The number of ketones is 1. The topological polar surface area (TPSA) is 54.5 Å². The summed E-state index contributed by atoms with van der Waals surface area (Å²) in [5.74, 6) is 0.535. The highest BCUT2D eigenvalue weighted by Gasteiger charge is 2.14. The number of carbonyl (C=O) groups is 1. The molecule has 4 nitrogen and oxygen atoms in total. The molecule has 0 aliphatic rings. The van der Waals surface area contributed by atoms with Crippen LogP contribution in [-0.4, -0.2) is 38.9 Å². The maximum Gasteiger partial charge on any atom is 0.175 e. The van der Waals surface area contributed by atoms with Crippen molar-refractivity contribution in [3.8, 4) is 11.1 Å². The van der Waals surface area contributed by atoms with E-state index in [4.69, 9.17) is 0 Å². The van der Waals surface area contributed by atoms with E-state index in [1.165, 1.54) is 6.26 Å². The Balaban J connectivity index is 2.54. The maximum atomic E-state index is 12.3. The zero-order valence-electron chi connectivity index (χ0n) is 20.3. The third kappa shape index (κ3) is 6.67. The van der Waals surface area contributed by atoms with Gasteiger partial charge in [-0.1, -0.05) is 62.7 Å². The molecule has 0 heterocycles. The fourth-order valence-corrected chi connectivity index (χ4v) is 4.32. The molecule has 0 unspecified atom stereocenters. The average Bonchev–Trinajstić information content (AvgIpc) is 2.72. The standard InChI is InChI=1S/C27H35NO3S/c1-8-20(4)26(21(5)29)17-27(28(6)18-19(2)3)23-14-12-22(13-15-23)24-10-9-11-25(16-24)32(7,30)31/h9-17,19H,8,18H2,1-7H3. The molecule has 0 amide bonds. The van der Waals surface area contributed by atoms with Crippen molar-refractivity contribution in [1.82, 2.24) is 4.90 Å². The Morgan fingerprint density at radius 3 is 2.16 bits per heavy atom. The van der Waals surface area contributed by atoms with Gasteiger partial charge >= 0.3 is 0 Å². The van der Waals surface area contributed by atoms with E-state index in [1.807, 2.05) is 50.4 Å². The predicted octanol–water partition coefficient (Wildman–Crippen LogP) is 6.00. The molecule has 0 N–H and O–H groups in total. The lowest BCUT2D eigenvalue weighted by atomic mass is 9.98. The van der Waals surface area contributed by atoms with Crippen LogP contribution in [0, 0.1) is 5.92 Å². The first-order chi connectivity index (χ1) is 14.9. The van der Waals surface area contributed by atoms with Gasteiger partial charge in [0.1, 0.15) is 0 Å². The zero-order chi connectivity index (χ0) is 24.1. The van der Waals surface area contributed by atoms with Crippen molar-refractivity contribution < 1.29 is 13.2 Å². The van der Waals surface area contributed by atoms with Crippen LogP contribution in [0.25, 0.3) is 16.8 Å². The Kier molecular flexibility index (Phi) is 8.62. The van der Waals surface area contributed by atoms with Crippen LogP contribution >= 0.6 is 0 Å². The fraction of sp³-hybridized carbons (Fsp3) is 0.370. The van der Waals surface area contributed by atoms with Crippen molar-refractivity contribution in [2.24, 2.45) is 5.92 Å². The molecule has 0 saturated heterocycles. The van der Waals surface area contributed by atoms with Gasteiger partial charge in [0, 0.05) is 31.1 Å². The van der Waals surface area contributed by atoms with E-state index in [0.29, 0.717) is 10.8 Å². The van der Waals surface area contributed by atoms with Gasteiger partial charge in [0.2, 0.25) is 0 Å². The summed E-state index contributed by atoms with van der Waals surface area (Å²) >= 11 is 0. The number of carbonyl (C=O) groups excluding carboxylic acids is 1. The van der Waals surface area contributed by atoms with E-state index >= 15 is 0 Å². The minimum absolute atomic E-state index is 0.0639. The van der Waals surface area contributed by atoms with Crippen molar-refractivity contribution >= 4 is 21.3 Å². The molecular formula is C27H35NO3S. The molecule has 0 saturated carbocycles. The van der Waals surface area contributed by atoms with Gasteiger partial charge in [0.25, 0.3) is 0 Å². The molecule has 0 aliphatic heterocycles. The summed E-state index contributed by atoms with van der Waals surface area (Å²) in [5.41, 5.74) is 5.63. The molecule has 0 atom stereocenters. The Hall–Kier alpha value is -2.66. The van der Waals surface area contributed by atoms with Crippen LogP contribution < -0.4 is 0 Å². The molecule has 2 aromatic carbocycles. The van der Waals surface area contributed by atoms with E-state index in [2.05, 4.69) is 25.7 Å². The first kappa shape index (κ1) is 25.6. The van der Waals surface area contributed by atoms with E-state index in [9.17, 15) is 13.2 Å². The van der Waals surface area contributed by atoms with Gasteiger partial charge in [0.05, 0.1) is 4.90 Å². The smallest absolute Gasteiger partial charge is 0.175 e. The highest BCUT2D eigenvalue weighted by Crippen LogP contribution is 2.28. The Labute approximate surface area is 193 Å². The SMILES string of the molecule is CCC(C)=C(C=C(c1ccc(-c2cccc(S(C)(=O)=O)c2)cc1)N(C)CC(C)C)C(C)=O. The molecule has 0 fully saturated rings. The number of sulfone groups is 1. The van der Waals surface area contributed by atoms with Crippen LogP contribution in [0.1, 0.15) is 46.6 Å². The molecule has 32 heavy (non-hydrogen) atoms. The third-order valence-corrected chi connectivity index (χ3v) is 6.59. The summed E-state index contributed by atoms with van der Waals surface area (Å²) in [6, 6.07) is 15.0. The maximum absolute atomic E-state index is 12.3. The average molecular weight is 454 g/mol. The van der Waals surface area contributed by atoms with E-state index in [1.54, 1.807) is 25.1 Å². The number of benzene rings is 2. The van der Waals surface area contributed by atoms with Crippen LogP contribution in [0.15, 0.2) is 70.6 Å². The van der Waals surface area contributed by atoms with Crippen molar-refractivity contribution in [2.45, 2.75) is 45.9 Å². The summed E-state index contributed by atoms with van der Waals surface area (Å²) in [7, 11) is -1.21. The molecule has 0 aromatic heterocycles. The zero-order valence-corrected chi connectivity index (χ0v) is 21.1. The highest BCUT2D eigenvalue weighted by atomic mass is 32.2. The number of hydrogen-bond acceptors (Lipinski definition) is 4. The van der Waals surface area contributed by atoms with Crippen LogP contribution in [-0.2, 0) is 14.6 Å². The van der Waals surface area contributed by atoms with Gasteiger partial charge in [-0.15, -0.1) is 0 Å². The van der Waals surface area contributed by atoms with Gasteiger partial charge in [-0.2, -0.15) is 0 Å². The normalized spacial score (nSPS) is 13.2. The first-order valence-corrected chi connectivity index (χ1v) is 12.9. The second kappa shape index (κ2) is 10.8. The van der Waals surface area contributed by atoms with Crippen molar-refractivity contribution in [1.29, 1.82) is 0 Å². The molecule has 0 radical (unpaired) electrons. The van der Waals surface area contributed by atoms with E-state index in [-0.39, 0.29) is 5.78 Å². The summed E-state index contributed by atoms with van der Waals surface area (Å²) in [4.78, 5) is 14.8. The van der Waals surface area contributed by atoms with Crippen molar-refractivity contribution in [3.05, 3.63) is 71.3 Å². The van der Waals surface area contributed by atoms with Crippen LogP contribution in [0.5, 0.6) is 0 Å². The summed E-state index contributed by atoms with van der Waals surface area (Å²) < 4.78 is 23.8. The lowest BCUT2D eigenvalue weighted by Gasteiger charge is -2.26. The first-order valence-electron chi connectivity index (χ1n) is 11.0. The summed E-state index contributed by atoms with van der Waals surface area (Å²) in [5, 5.41) is 0. The summed E-state index contributed by atoms with van der Waals surface area (Å²) in [6.45, 7) is 10.9. The molecule has 0 aliphatic carbocycles. The van der Waals surface area contributed by atoms with Gasteiger partial charge in [-0.05, 0) is 61.1 Å². The molecule has 2 rings (SSSR count). The number of rotatable bonds is 9. The third-order valence-electron chi connectivity index (χ3n) is 5.48. The van der Waals surface area contributed by atoms with Gasteiger partial charge < -0.3 is 4.90 Å². The number of hydrogen-bond donors (Lipinski definition) is 0. The molecule has 2 aromatic rings. The number of Topliss-reactive ketones (excluding diaryl/α,β-unsaturated/α-hetero) is 1. The van der Waals surface area contributed by atoms with E-state index < -0.39 is 9.84 Å². The second-order valence-electron chi connectivity index (χ2n) is 8.79. The molecule has 0 spiro atoms. The monoisotopic (exact) mass is 453 g/mol. The molecule has 0 bridgehead atoms. The molecular weight excluding hydrogens is 418 g/mol. The van der Waals surface area contributed by atoms with Crippen LogP contribution in [0.4, 0.5) is 0 Å². The molecule has 5 heteroatoms.